The number of amides is 1. The van der Waals surface area contributed by atoms with Crippen LogP contribution >= 0.6 is 0 Å². The molecule has 0 saturated heterocycles. The number of nitrogens with two attached hydrogens (primary N) is 1. The highest BCUT2D eigenvalue weighted by atomic mass is 16.1. The molecule has 4 heteroatoms. The second-order valence-corrected chi connectivity index (χ2v) is 11.5. The topological polar surface area (TPSA) is 79.0 Å². The third-order valence-corrected chi connectivity index (χ3v) is 7.80. The molecule has 0 radical (unpaired) electrons. The number of benzene rings is 1. The Morgan fingerprint density at radius 2 is 1.03 bits per heavy atom. The number of rotatable bonds is 26. The number of unbranched alkanes of at least 4 members (excludes halogenated alkanes) is 18. The lowest BCUT2D eigenvalue weighted by Crippen LogP contribution is -2.23. The molecule has 0 aliphatic carbocycles. The maximum absolute atomic E-state index is 13.2. The molecular formula is C34H61N3O. The summed E-state index contributed by atoms with van der Waals surface area (Å²) >= 11 is 0. The summed E-state index contributed by atoms with van der Waals surface area (Å²) in [5.74, 6) is 0.445. The fourth-order valence-corrected chi connectivity index (χ4v) is 5.33. The third-order valence-electron chi connectivity index (χ3n) is 7.80. The number of hydrogen-bond acceptors (Lipinski definition) is 2. The van der Waals surface area contributed by atoms with Gasteiger partial charge < -0.3 is 11.1 Å². The zero-order valence-electron chi connectivity index (χ0n) is 25.1. The van der Waals surface area contributed by atoms with Crippen molar-refractivity contribution < 1.29 is 4.79 Å². The van der Waals surface area contributed by atoms with Crippen molar-refractivity contribution in [3.05, 3.63) is 29.8 Å². The van der Waals surface area contributed by atoms with E-state index < -0.39 is 0 Å². The van der Waals surface area contributed by atoms with Crippen LogP contribution in [0.3, 0.4) is 0 Å². The molecule has 4 nitrogen and oxygen atoms in total. The van der Waals surface area contributed by atoms with Crippen LogP contribution in [0.25, 0.3) is 0 Å². The van der Waals surface area contributed by atoms with E-state index in [1.165, 1.54) is 116 Å². The summed E-state index contributed by atoms with van der Waals surface area (Å²) in [4.78, 5) is 13.2. The summed E-state index contributed by atoms with van der Waals surface area (Å²) in [6.45, 7) is 4.55. The average Bonchev–Trinajstić information content (AvgIpc) is 2.90. The monoisotopic (exact) mass is 527 g/mol. The number of carbonyl (C=O) groups excluding carboxylic acids is 1. The minimum absolute atomic E-state index is 0.106. The van der Waals surface area contributed by atoms with Gasteiger partial charge >= 0.3 is 0 Å². The second-order valence-electron chi connectivity index (χ2n) is 11.5. The van der Waals surface area contributed by atoms with E-state index in [0.29, 0.717) is 6.42 Å². The van der Waals surface area contributed by atoms with Crippen molar-refractivity contribution in [2.75, 3.05) is 5.32 Å². The van der Waals surface area contributed by atoms with Crippen LogP contribution in [-0.4, -0.2) is 11.7 Å². The summed E-state index contributed by atoms with van der Waals surface area (Å²) in [6.07, 6.45) is 29.0. The van der Waals surface area contributed by atoms with Crippen molar-refractivity contribution in [3.8, 4) is 0 Å². The molecule has 38 heavy (non-hydrogen) atoms. The van der Waals surface area contributed by atoms with E-state index in [1.54, 1.807) is 0 Å². The highest BCUT2D eigenvalue weighted by Crippen LogP contribution is 2.22. The van der Waals surface area contributed by atoms with E-state index in [4.69, 9.17) is 11.1 Å². The third kappa shape index (κ3) is 19.3. The number of amidine groups is 1. The van der Waals surface area contributed by atoms with Crippen molar-refractivity contribution in [2.45, 2.75) is 162 Å². The SMILES string of the molecule is CCCCCCCCCCCCC(CCCCCCCCCCCC)C(=O)Nc1ccc(CC(=N)N)cc1. The van der Waals surface area contributed by atoms with E-state index >= 15 is 0 Å². The average molecular weight is 528 g/mol. The van der Waals surface area contributed by atoms with Crippen molar-refractivity contribution >= 4 is 17.4 Å². The van der Waals surface area contributed by atoms with Crippen LogP contribution in [-0.2, 0) is 11.2 Å². The molecule has 0 heterocycles. The van der Waals surface area contributed by atoms with Gasteiger partial charge in [0.25, 0.3) is 0 Å². The molecule has 1 aromatic carbocycles. The standard InChI is InChI=1S/C34H61N3O/c1-3-5-7-9-11-13-15-17-19-21-23-31(24-22-20-18-16-14-12-10-8-6-4-2)34(38)37-32-27-25-30(26-28-32)29-33(35)36/h25-28,31H,3-24,29H2,1-2H3,(H3,35,36)(H,37,38). The molecule has 0 unspecified atom stereocenters. The van der Waals surface area contributed by atoms with E-state index in [9.17, 15) is 4.79 Å². The summed E-state index contributed by atoms with van der Waals surface area (Å²) in [5.41, 5.74) is 7.36. The smallest absolute Gasteiger partial charge is 0.227 e. The first-order chi connectivity index (χ1) is 18.6. The number of hydrogen-bond donors (Lipinski definition) is 3. The quantitative estimate of drug-likeness (QED) is 0.0636. The molecule has 1 aromatic rings. The highest BCUT2D eigenvalue weighted by Gasteiger charge is 2.18. The predicted molar refractivity (Wildman–Crippen MR) is 167 cm³/mol. The summed E-state index contributed by atoms with van der Waals surface area (Å²) < 4.78 is 0. The van der Waals surface area contributed by atoms with Gasteiger partial charge in [-0.25, -0.2) is 0 Å². The summed E-state index contributed by atoms with van der Waals surface area (Å²) in [6, 6.07) is 7.79. The van der Waals surface area contributed by atoms with E-state index in [0.717, 1.165) is 36.9 Å². The molecule has 0 spiro atoms. The lowest BCUT2D eigenvalue weighted by molar-refractivity contribution is -0.120. The molecule has 0 bridgehead atoms. The van der Waals surface area contributed by atoms with Crippen LogP contribution in [0.4, 0.5) is 5.69 Å². The van der Waals surface area contributed by atoms with Crippen LogP contribution in [0.1, 0.15) is 161 Å². The molecule has 0 aliphatic rings. The number of nitrogens with one attached hydrogen (secondary N) is 2. The Labute approximate surface area is 235 Å². The first-order valence-electron chi connectivity index (χ1n) is 16.3. The largest absolute Gasteiger partial charge is 0.387 e. The molecule has 0 aliphatic heterocycles. The van der Waals surface area contributed by atoms with Gasteiger partial charge in [-0.1, -0.05) is 154 Å². The first kappa shape index (κ1) is 34.2. The summed E-state index contributed by atoms with van der Waals surface area (Å²) in [5, 5.41) is 10.6. The van der Waals surface area contributed by atoms with Gasteiger partial charge in [-0.3, -0.25) is 10.2 Å². The minimum atomic E-state index is 0.106. The Bertz CT molecular complexity index is 676. The van der Waals surface area contributed by atoms with Gasteiger partial charge in [0.05, 0.1) is 5.84 Å². The Morgan fingerprint density at radius 3 is 1.39 bits per heavy atom. The maximum Gasteiger partial charge on any atom is 0.227 e. The molecule has 1 rings (SSSR count). The van der Waals surface area contributed by atoms with Gasteiger partial charge in [-0.15, -0.1) is 0 Å². The Balaban J connectivity index is 2.38. The van der Waals surface area contributed by atoms with Crippen molar-refractivity contribution in [1.29, 1.82) is 5.41 Å². The lowest BCUT2D eigenvalue weighted by atomic mass is 9.93. The molecule has 0 saturated carbocycles. The van der Waals surface area contributed by atoms with Gasteiger partial charge in [0.15, 0.2) is 0 Å². The maximum atomic E-state index is 13.2. The predicted octanol–water partition coefficient (Wildman–Crippen LogP) is 10.3. The first-order valence-corrected chi connectivity index (χ1v) is 16.3. The minimum Gasteiger partial charge on any atom is -0.387 e. The Hall–Kier alpha value is -1.84. The fourth-order valence-electron chi connectivity index (χ4n) is 5.33. The fraction of sp³-hybridized carbons (Fsp3) is 0.765. The zero-order chi connectivity index (χ0) is 27.7. The number of carbonyl (C=O) groups is 1. The van der Waals surface area contributed by atoms with Crippen LogP contribution in [0.15, 0.2) is 24.3 Å². The van der Waals surface area contributed by atoms with Crippen molar-refractivity contribution in [1.82, 2.24) is 0 Å². The Morgan fingerprint density at radius 1 is 0.658 bits per heavy atom. The van der Waals surface area contributed by atoms with E-state index in [-0.39, 0.29) is 17.7 Å². The van der Waals surface area contributed by atoms with Gasteiger partial charge in [-0.2, -0.15) is 0 Å². The molecule has 0 aromatic heterocycles. The van der Waals surface area contributed by atoms with Crippen molar-refractivity contribution in [3.63, 3.8) is 0 Å². The highest BCUT2D eigenvalue weighted by molar-refractivity contribution is 5.92. The second kappa shape index (κ2) is 24.2. The van der Waals surface area contributed by atoms with Crippen molar-refractivity contribution in [2.24, 2.45) is 11.7 Å². The van der Waals surface area contributed by atoms with Gasteiger partial charge in [-0.05, 0) is 30.5 Å². The molecule has 0 fully saturated rings. The number of anilines is 1. The van der Waals surface area contributed by atoms with Crippen LogP contribution < -0.4 is 11.1 Å². The molecule has 218 valence electrons. The van der Waals surface area contributed by atoms with Gasteiger partial charge in [0.1, 0.15) is 0 Å². The normalized spacial score (nSPS) is 11.2. The molecule has 0 atom stereocenters. The zero-order valence-corrected chi connectivity index (χ0v) is 25.1. The van der Waals surface area contributed by atoms with E-state index in [2.05, 4.69) is 19.2 Å². The van der Waals surface area contributed by atoms with Crippen LogP contribution in [0, 0.1) is 11.3 Å². The van der Waals surface area contributed by atoms with Crippen LogP contribution in [0.2, 0.25) is 0 Å². The van der Waals surface area contributed by atoms with Crippen LogP contribution in [0.5, 0.6) is 0 Å². The Kier molecular flexibility index (Phi) is 21.8. The summed E-state index contributed by atoms with van der Waals surface area (Å²) in [7, 11) is 0. The lowest BCUT2D eigenvalue weighted by Gasteiger charge is -2.17. The molecule has 4 N–H and O–H groups in total. The molecular weight excluding hydrogens is 466 g/mol. The van der Waals surface area contributed by atoms with E-state index in [1.807, 2.05) is 24.3 Å². The van der Waals surface area contributed by atoms with Gasteiger partial charge in [0.2, 0.25) is 5.91 Å². The molecule has 1 amide bonds. The van der Waals surface area contributed by atoms with Gasteiger partial charge in [0, 0.05) is 18.0 Å².